The van der Waals surface area contributed by atoms with Gasteiger partial charge in [0.15, 0.2) is 6.04 Å². The van der Waals surface area contributed by atoms with Crippen LogP contribution in [0.3, 0.4) is 0 Å². The summed E-state index contributed by atoms with van der Waals surface area (Å²) >= 11 is 0.882. The second-order valence-electron chi connectivity index (χ2n) is 2.39. The lowest BCUT2D eigenvalue weighted by Crippen LogP contribution is -2.43. The van der Waals surface area contributed by atoms with Gasteiger partial charge in [-0.05, 0) is 12.1 Å². The molecule has 82 valence electrons. The third-order valence-electron chi connectivity index (χ3n) is 1.35. The van der Waals surface area contributed by atoms with E-state index >= 15 is 0 Å². The number of rotatable bonds is 4. The average Bonchev–Trinajstić information content (AvgIpc) is 2.69. The maximum atomic E-state index is 11.3. The van der Waals surface area contributed by atoms with Gasteiger partial charge >= 0.3 is 5.97 Å². The SMILES string of the molecule is CCOC(=O)C(N)C(=O)Nc1nnns1. The predicted octanol–water partition coefficient (Wildman–Crippen LogP) is -1.24. The number of nitrogens with one attached hydrogen (secondary N) is 1. The molecule has 0 bridgehead atoms. The molecule has 8 nitrogen and oxygen atoms in total. The van der Waals surface area contributed by atoms with Gasteiger partial charge in [-0.25, -0.2) is 4.79 Å². The first kappa shape index (κ1) is 11.5. The fraction of sp³-hybridized carbons (Fsp3) is 0.500. The Labute approximate surface area is 89.0 Å². The maximum absolute atomic E-state index is 11.3. The topological polar surface area (TPSA) is 120 Å². The van der Waals surface area contributed by atoms with E-state index in [-0.39, 0.29) is 11.7 Å². The molecule has 0 aliphatic rings. The molecule has 3 N–H and O–H groups in total. The quantitative estimate of drug-likeness (QED) is 0.491. The summed E-state index contributed by atoms with van der Waals surface area (Å²) in [6, 6.07) is -1.37. The number of hydrogen-bond acceptors (Lipinski definition) is 8. The summed E-state index contributed by atoms with van der Waals surface area (Å²) in [6.45, 7) is 1.79. The minimum atomic E-state index is -1.37. The molecular formula is C6H9N5O3S. The maximum Gasteiger partial charge on any atom is 0.332 e. The lowest BCUT2D eigenvalue weighted by molar-refractivity contribution is -0.146. The molecule has 1 atom stereocenters. The van der Waals surface area contributed by atoms with Crippen LogP contribution in [0, 0.1) is 0 Å². The van der Waals surface area contributed by atoms with Crippen LogP contribution in [0.4, 0.5) is 5.13 Å². The molecule has 0 aromatic carbocycles. The standard InChI is InChI=1S/C6H9N5O3S/c1-2-14-5(13)3(7)4(12)8-6-9-10-11-15-6/h3H,2,7H2,1H3,(H,8,9,11,12). The van der Waals surface area contributed by atoms with Gasteiger partial charge in [0.2, 0.25) is 5.13 Å². The molecule has 0 saturated carbocycles. The van der Waals surface area contributed by atoms with Gasteiger partial charge in [-0.1, -0.05) is 9.59 Å². The summed E-state index contributed by atoms with van der Waals surface area (Å²) in [6.07, 6.45) is 0. The van der Waals surface area contributed by atoms with Gasteiger partial charge < -0.3 is 10.5 Å². The van der Waals surface area contributed by atoms with Crippen molar-refractivity contribution in [2.24, 2.45) is 5.73 Å². The first-order valence-corrected chi connectivity index (χ1v) is 4.80. The van der Waals surface area contributed by atoms with E-state index in [0.29, 0.717) is 0 Å². The molecule has 0 aliphatic heterocycles. The number of hydrogen-bond donors (Lipinski definition) is 2. The highest BCUT2D eigenvalue weighted by Crippen LogP contribution is 2.04. The number of amides is 1. The van der Waals surface area contributed by atoms with Crippen molar-refractivity contribution in [3.05, 3.63) is 0 Å². The number of ether oxygens (including phenoxy) is 1. The van der Waals surface area contributed by atoms with Gasteiger partial charge in [-0.15, -0.1) is 0 Å². The van der Waals surface area contributed by atoms with E-state index in [2.05, 4.69) is 24.9 Å². The molecule has 15 heavy (non-hydrogen) atoms. The number of carbonyl (C=O) groups is 2. The number of carbonyl (C=O) groups excluding carboxylic acids is 2. The Hall–Kier alpha value is -1.61. The van der Waals surface area contributed by atoms with Crippen molar-refractivity contribution in [1.82, 2.24) is 14.8 Å². The summed E-state index contributed by atoms with van der Waals surface area (Å²) in [7, 11) is 0. The van der Waals surface area contributed by atoms with Crippen LogP contribution >= 0.6 is 11.5 Å². The van der Waals surface area contributed by atoms with Gasteiger partial charge in [0.25, 0.3) is 5.91 Å². The molecular weight excluding hydrogens is 222 g/mol. The van der Waals surface area contributed by atoms with Crippen LogP contribution in [0.2, 0.25) is 0 Å². The van der Waals surface area contributed by atoms with Crippen molar-refractivity contribution >= 4 is 28.5 Å². The molecule has 0 fully saturated rings. The Balaban J connectivity index is 2.50. The van der Waals surface area contributed by atoms with Gasteiger partial charge in [0.1, 0.15) is 0 Å². The van der Waals surface area contributed by atoms with E-state index in [0.717, 1.165) is 11.5 Å². The number of aromatic nitrogens is 3. The highest BCUT2D eigenvalue weighted by Gasteiger charge is 2.24. The zero-order valence-electron chi connectivity index (χ0n) is 7.84. The highest BCUT2D eigenvalue weighted by atomic mass is 32.1. The summed E-state index contributed by atoms with van der Waals surface area (Å²) in [5.74, 6) is -1.49. The largest absolute Gasteiger partial charge is 0.464 e. The molecule has 0 saturated heterocycles. The molecule has 1 aromatic rings. The van der Waals surface area contributed by atoms with Crippen molar-refractivity contribution in [3.8, 4) is 0 Å². The van der Waals surface area contributed by atoms with Crippen molar-refractivity contribution in [2.75, 3.05) is 11.9 Å². The van der Waals surface area contributed by atoms with Gasteiger partial charge in [-0.2, -0.15) is 0 Å². The first-order valence-electron chi connectivity index (χ1n) is 4.03. The van der Waals surface area contributed by atoms with Crippen molar-refractivity contribution in [3.63, 3.8) is 0 Å². The second-order valence-corrected chi connectivity index (χ2v) is 3.12. The van der Waals surface area contributed by atoms with E-state index in [1.807, 2.05) is 0 Å². The average molecular weight is 231 g/mol. The molecule has 0 spiro atoms. The molecule has 1 aromatic heterocycles. The minimum Gasteiger partial charge on any atom is -0.464 e. The van der Waals surface area contributed by atoms with E-state index in [1.165, 1.54) is 0 Å². The summed E-state index contributed by atoms with van der Waals surface area (Å²) in [5, 5.41) is 9.18. The number of esters is 1. The molecule has 0 radical (unpaired) electrons. The van der Waals surface area contributed by atoms with E-state index < -0.39 is 17.9 Å². The Morgan fingerprint density at radius 1 is 1.67 bits per heavy atom. The van der Waals surface area contributed by atoms with Crippen molar-refractivity contribution in [2.45, 2.75) is 13.0 Å². The monoisotopic (exact) mass is 231 g/mol. The molecule has 9 heteroatoms. The molecule has 1 unspecified atom stereocenters. The molecule has 1 heterocycles. The number of nitrogens with zero attached hydrogens (tertiary/aromatic N) is 3. The van der Waals surface area contributed by atoms with E-state index in [9.17, 15) is 9.59 Å². The van der Waals surface area contributed by atoms with Gasteiger partial charge in [-0.3, -0.25) is 10.1 Å². The molecule has 1 amide bonds. The number of nitrogens with two attached hydrogens (primary N) is 1. The Kier molecular flexibility index (Phi) is 4.06. The van der Waals surface area contributed by atoms with Crippen molar-refractivity contribution < 1.29 is 14.3 Å². The lowest BCUT2D eigenvalue weighted by Gasteiger charge is -2.08. The van der Waals surface area contributed by atoms with Gasteiger partial charge in [0.05, 0.1) is 6.61 Å². The smallest absolute Gasteiger partial charge is 0.332 e. The summed E-state index contributed by atoms with van der Waals surface area (Å²) in [4.78, 5) is 22.4. The zero-order valence-corrected chi connectivity index (χ0v) is 8.65. The zero-order chi connectivity index (χ0) is 11.3. The second kappa shape index (κ2) is 5.32. The van der Waals surface area contributed by atoms with E-state index in [1.54, 1.807) is 6.92 Å². The van der Waals surface area contributed by atoms with Crippen LogP contribution in [0.5, 0.6) is 0 Å². The molecule has 0 aliphatic carbocycles. The van der Waals surface area contributed by atoms with Crippen LogP contribution in [-0.2, 0) is 14.3 Å². The van der Waals surface area contributed by atoms with Crippen LogP contribution in [-0.4, -0.2) is 39.3 Å². The normalized spacial score (nSPS) is 11.9. The van der Waals surface area contributed by atoms with Crippen LogP contribution in [0.1, 0.15) is 6.92 Å². The third kappa shape index (κ3) is 3.22. The summed E-state index contributed by atoms with van der Waals surface area (Å²) in [5.41, 5.74) is 5.31. The van der Waals surface area contributed by atoms with Crippen LogP contribution in [0.15, 0.2) is 0 Å². The minimum absolute atomic E-state index is 0.167. The Bertz CT molecular complexity index is 341. The Morgan fingerprint density at radius 3 is 2.93 bits per heavy atom. The Morgan fingerprint density at radius 2 is 2.40 bits per heavy atom. The predicted molar refractivity (Wildman–Crippen MR) is 50.9 cm³/mol. The van der Waals surface area contributed by atoms with Gasteiger partial charge in [0, 0.05) is 11.5 Å². The number of anilines is 1. The van der Waals surface area contributed by atoms with Crippen LogP contribution < -0.4 is 11.1 Å². The highest BCUT2D eigenvalue weighted by molar-refractivity contribution is 7.09. The van der Waals surface area contributed by atoms with E-state index in [4.69, 9.17) is 5.73 Å². The van der Waals surface area contributed by atoms with Crippen LogP contribution in [0.25, 0.3) is 0 Å². The fourth-order valence-electron chi connectivity index (χ4n) is 0.704. The fourth-order valence-corrected chi connectivity index (χ4v) is 1.07. The first-order chi connectivity index (χ1) is 7.15. The lowest BCUT2D eigenvalue weighted by atomic mass is 10.3. The third-order valence-corrected chi connectivity index (χ3v) is 1.86. The van der Waals surface area contributed by atoms with Crippen molar-refractivity contribution in [1.29, 1.82) is 0 Å². The molecule has 1 rings (SSSR count). The summed E-state index contributed by atoms with van der Waals surface area (Å²) < 4.78 is 8.00.